The van der Waals surface area contributed by atoms with Crippen LogP contribution >= 0.6 is 12.4 Å². The van der Waals surface area contributed by atoms with Crippen molar-refractivity contribution in [1.29, 1.82) is 0 Å². The van der Waals surface area contributed by atoms with E-state index in [2.05, 4.69) is 16.4 Å². The summed E-state index contributed by atoms with van der Waals surface area (Å²) in [5.41, 5.74) is 2.29. The van der Waals surface area contributed by atoms with Crippen LogP contribution in [0.5, 0.6) is 5.75 Å². The van der Waals surface area contributed by atoms with Crippen LogP contribution in [0.3, 0.4) is 0 Å². The summed E-state index contributed by atoms with van der Waals surface area (Å²) >= 11 is 0. The first-order valence-corrected chi connectivity index (χ1v) is 5.39. The first kappa shape index (κ1) is 13.0. The molecule has 0 fully saturated rings. The van der Waals surface area contributed by atoms with E-state index in [0.717, 1.165) is 31.0 Å². The molecular formula is C12H17ClN2O. The van der Waals surface area contributed by atoms with Gasteiger partial charge in [0.05, 0.1) is 6.61 Å². The maximum absolute atomic E-state index is 5.57. The number of nitrogens with zero attached hydrogens (tertiary/aromatic N) is 1. The Labute approximate surface area is 102 Å². The number of pyridine rings is 1. The number of rotatable bonds is 3. The van der Waals surface area contributed by atoms with E-state index < -0.39 is 0 Å². The monoisotopic (exact) mass is 240 g/mol. The Balaban J connectivity index is 0.00000128. The Bertz CT molecular complexity index is 366. The third-order valence-corrected chi connectivity index (χ3v) is 2.44. The zero-order valence-corrected chi connectivity index (χ0v) is 10.2. The Kier molecular flexibility index (Phi) is 5.29. The molecule has 0 bridgehead atoms. The van der Waals surface area contributed by atoms with Crippen molar-refractivity contribution in [2.75, 3.05) is 19.7 Å². The molecule has 0 spiro atoms. The summed E-state index contributed by atoms with van der Waals surface area (Å²) in [6.45, 7) is 4.63. The summed E-state index contributed by atoms with van der Waals surface area (Å²) in [5.74, 6) is 0.896. The molecule has 1 aliphatic heterocycles. The van der Waals surface area contributed by atoms with Gasteiger partial charge in [0.25, 0.3) is 0 Å². The average molecular weight is 241 g/mol. The Morgan fingerprint density at radius 3 is 3.06 bits per heavy atom. The Morgan fingerprint density at radius 1 is 1.50 bits per heavy atom. The molecule has 0 saturated heterocycles. The Hall–Kier alpha value is -1.06. The molecule has 1 aromatic rings. The largest absolute Gasteiger partial charge is 0.492 e. The summed E-state index contributed by atoms with van der Waals surface area (Å²) in [6, 6.07) is 3.89. The molecule has 0 aliphatic carbocycles. The van der Waals surface area contributed by atoms with Crippen LogP contribution in [0.2, 0.25) is 0 Å². The van der Waals surface area contributed by atoms with Crippen LogP contribution in [0.15, 0.2) is 24.4 Å². The molecule has 2 heterocycles. The van der Waals surface area contributed by atoms with Gasteiger partial charge < -0.3 is 10.1 Å². The number of nitrogens with one attached hydrogen (secondary N) is 1. The fraction of sp³-hybridized carbons (Fsp3) is 0.417. The zero-order valence-electron chi connectivity index (χ0n) is 9.40. The van der Waals surface area contributed by atoms with E-state index in [0.29, 0.717) is 6.61 Å². The second-order valence-electron chi connectivity index (χ2n) is 3.47. The average Bonchev–Trinajstić information content (AvgIpc) is 2.31. The molecule has 0 radical (unpaired) electrons. The van der Waals surface area contributed by atoms with Crippen molar-refractivity contribution in [3.8, 4) is 5.75 Å². The maximum atomic E-state index is 5.57. The molecule has 16 heavy (non-hydrogen) atoms. The minimum absolute atomic E-state index is 0. The van der Waals surface area contributed by atoms with Crippen LogP contribution in [0.1, 0.15) is 19.0 Å². The van der Waals surface area contributed by atoms with Gasteiger partial charge in [0.2, 0.25) is 0 Å². The van der Waals surface area contributed by atoms with Gasteiger partial charge in [-0.25, -0.2) is 0 Å². The summed E-state index contributed by atoms with van der Waals surface area (Å²) in [7, 11) is 0. The number of ether oxygens (including phenoxy) is 1. The fourth-order valence-electron chi connectivity index (χ4n) is 1.74. The molecule has 1 N–H and O–H groups in total. The highest BCUT2D eigenvalue weighted by Gasteiger charge is 2.11. The van der Waals surface area contributed by atoms with Gasteiger partial charge in [-0.15, -0.1) is 12.4 Å². The SMILES string of the molecule is CCOc1cccnc1C1=CCNCC1.Cl. The first-order chi connectivity index (χ1) is 7.42. The van der Waals surface area contributed by atoms with Crippen molar-refractivity contribution < 1.29 is 4.74 Å². The van der Waals surface area contributed by atoms with Gasteiger partial charge in [-0.3, -0.25) is 4.98 Å². The second kappa shape index (κ2) is 6.51. The lowest BCUT2D eigenvalue weighted by atomic mass is 10.0. The van der Waals surface area contributed by atoms with E-state index in [9.17, 15) is 0 Å². The lowest BCUT2D eigenvalue weighted by Crippen LogP contribution is -2.20. The van der Waals surface area contributed by atoms with Gasteiger partial charge in [0.1, 0.15) is 11.4 Å². The molecular weight excluding hydrogens is 224 g/mol. The third-order valence-electron chi connectivity index (χ3n) is 2.44. The molecule has 2 rings (SSSR count). The number of halogens is 1. The van der Waals surface area contributed by atoms with Crippen LogP contribution < -0.4 is 10.1 Å². The number of aromatic nitrogens is 1. The minimum atomic E-state index is 0. The minimum Gasteiger partial charge on any atom is -0.492 e. The van der Waals surface area contributed by atoms with Crippen LogP contribution in [-0.4, -0.2) is 24.7 Å². The van der Waals surface area contributed by atoms with Crippen LogP contribution in [-0.2, 0) is 0 Å². The smallest absolute Gasteiger partial charge is 0.145 e. The van der Waals surface area contributed by atoms with Gasteiger partial charge in [0.15, 0.2) is 0 Å². The van der Waals surface area contributed by atoms with E-state index in [1.54, 1.807) is 0 Å². The molecule has 4 heteroatoms. The Morgan fingerprint density at radius 2 is 2.38 bits per heavy atom. The first-order valence-electron chi connectivity index (χ1n) is 5.39. The zero-order chi connectivity index (χ0) is 10.5. The molecule has 0 amide bonds. The van der Waals surface area contributed by atoms with E-state index in [-0.39, 0.29) is 12.4 Å². The van der Waals surface area contributed by atoms with Crippen molar-refractivity contribution in [2.45, 2.75) is 13.3 Å². The molecule has 1 aromatic heterocycles. The highest BCUT2D eigenvalue weighted by atomic mass is 35.5. The molecule has 0 atom stereocenters. The maximum Gasteiger partial charge on any atom is 0.145 e. The van der Waals surface area contributed by atoms with Gasteiger partial charge in [-0.05, 0) is 37.6 Å². The second-order valence-corrected chi connectivity index (χ2v) is 3.47. The van der Waals surface area contributed by atoms with Crippen molar-refractivity contribution in [1.82, 2.24) is 10.3 Å². The van der Waals surface area contributed by atoms with Gasteiger partial charge in [0, 0.05) is 12.7 Å². The summed E-state index contributed by atoms with van der Waals surface area (Å²) in [4.78, 5) is 4.40. The van der Waals surface area contributed by atoms with Crippen molar-refractivity contribution in [3.63, 3.8) is 0 Å². The van der Waals surface area contributed by atoms with Crippen molar-refractivity contribution >= 4 is 18.0 Å². The topological polar surface area (TPSA) is 34.1 Å². The summed E-state index contributed by atoms with van der Waals surface area (Å²) < 4.78 is 5.57. The third kappa shape index (κ3) is 2.97. The van der Waals surface area contributed by atoms with E-state index >= 15 is 0 Å². The molecule has 0 aromatic carbocycles. The van der Waals surface area contributed by atoms with Crippen LogP contribution in [0, 0.1) is 0 Å². The van der Waals surface area contributed by atoms with E-state index in [1.165, 1.54) is 5.57 Å². The van der Waals surface area contributed by atoms with Crippen molar-refractivity contribution in [3.05, 3.63) is 30.1 Å². The normalized spacial score (nSPS) is 14.9. The highest BCUT2D eigenvalue weighted by Crippen LogP contribution is 2.26. The van der Waals surface area contributed by atoms with Crippen LogP contribution in [0.25, 0.3) is 5.57 Å². The van der Waals surface area contributed by atoms with Crippen molar-refractivity contribution in [2.24, 2.45) is 0 Å². The lowest BCUT2D eigenvalue weighted by molar-refractivity contribution is 0.337. The molecule has 0 unspecified atom stereocenters. The number of hydrogen-bond acceptors (Lipinski definition) is 3. The molecule has 0 saturated carbocycles. The predicted molar refractivity (Wildman–Crippen MR) is 68.1 cm³/mol. The molecule has 3 nitrogen and oxygen atoms in total. The molecule has 1 aliphatic rings. The molecule has 88 valence electrons. The van der Waals surface area contributed by atoms with Gasteiger partial charge in [-0.1, -0.05) is 6.08 Å². The van der Waals surface area contributed by atoms with E-state index in [4.69, 9.17) is 4.74 Å². The highest BCUT2D eigenvalue weighted by molar-refractivity contribution is 5.85. The van der Waals surface area contributed by atoms with E-state index in [1.807, 2.05) is 25.3 Å². The number of hydrogen-bond donors (Lipinski definition) is 1. The predicted octanol–water partition coefficient (Wildman–Crippen LogP) is 2.28. The summed E-state index contributed by atoms with van der Waals surface area (Å²) in [5, 5.41) is 3.29. The van der Waals surface area contributed by atoms with Crippen LogP contribution in [0.4, 0.5) is 0 Å². The quantitative estimate of drug-likeness (QED) is 0.880. The van der Waals surface area contributed by atoms with Gasteiger partial charge in [-0.2, -0.15) is 0 Å². The standard InChI is InChI=1S/C12H16N2O.ClH/c1-2-15-11-4-3-7-14-12(11)10-5-8-13-9-6-10;/h3-5,7,13H,2,6,8-9H2,1H3;1H. The summed E-state index contributed by atoms with van der Waals surface area (Å²) in [6.07, 6.45) is 5.03. The lowest BCUT2D eigenvalue weighted by Gasteiger charge is -2.16. The fourth-order valence-corrected chi connectivity index (χ4v) is 1.74. The van der Waals surface area contributed by atoms with Gasteiger partial charge >= 0.3 is 0 Å².